The molecule has 0 aliphatic carbocycles. The van der Waals surface area contributed by atoms with Gasteiger partial charge >= 0.3 is 0 Å². The number of hydrogen-bond donors (Lipinski definition) is 2. The van der Waals surface area contributed by atoms with E-state index in [1.165, 1.54) is 0 Å². The van der Waals surface area contributed by atoms with E-state index in [0.29, 0.717) is 11.5 Å². The molecule has 0 saturated carbocycles. The summed E-state index contributed by atoms with van der Waals surface area (Å²) in [5.74, 6) is 1.00. The number of hydrogen-bond acceptors (Lipinski definition) is 6. The molecule has 1 aliphatic rings. The van der Waals surface area contributed by atoms with Gasteiger partial charge in [0.25, 0.3) is 11.7 Å². The molecule has 0 saturated heterocycles. The number of ether oxygens (including phenoxy) is 2. The highest BCUT2D eigenvalue weighted by atomic mass is 16.7. The van der Waals surface area contributed by atoms with E-state index in [-0.39, 0.29) is 24.6 Å². The molecule has 1 amide bonds. The SMILES string of the molecule is CC(NC(=O)c1nn[nH]n1)c1ccc2c(c1)OCO2. The number of H-pyrrole nitrogens is 1. The molecule has 98 valence electrons. The highest BCUT2D eigenvalue weighted by Crippen LogP contribution is 2.34. The first-order valence-corrected chi connectivity index (χ1v) is 5.68. The summed E-state index contributed by atoms with van der Waals surface area (Å²) in [6, 6.07) is 5.31. The normalized spacial score (nSPS) is 14.2. The first-order valence-electron chi connectivity index (χ1n) is 5.68. The van der Waals surface area contributed by atoms with Crippen molar-refractivity contribution in [2.75, 3.05) is 6.79 Å². The van der Waals surface area contributed by atoms with Gasteiger partial charge in [-0.1, -0.05) is 6.07 Å². The summed E-state index contributed by atoms with van der Waals surface area (Å²) in [6.07, 6.45) is 0. The number of tetrazole rings is 1. The van der Waals surface area contributed by atoms with Crippen molar-refractivity contribution in [2.45, 2.75) is 13.0 Å². The average molecular weight is 261 g/mol. The minimum atomic E-state index is -0.390. The Morgan fingerprint density at radius 1 is 1.42 bits per heavy atom. The van der Waals surface area contributed by atoms with Crippen LogP contribution in [0.25, 0.3) is 0 Å². The van der Waals surface area contributed by atoms with Crippen LogP contribution in [0.2, 0.25) is 0 Å². The maximum atomic E-state index is 11.8. The van der Waals surface area contributed by atoms with Gasteiger partial charge in [0.05, 0.1) is 6.04 Å². The summed E-state index contributed by atoms with van der Waals surface area (Å²) < 4.78 is 10.5. The number of amides is 1. The highest BCUT2D eigenvalue weighted by molar-refractivity contribution is 5.90. The Balaban J connectivity index is 1.73. The zero-order valence-corrected chi connectivity index (χ0v) is 10.1. The molecule has 2 heterocycles. The van der Waals surface area contributed by atoms with E-state index in [2.05, 4.69) is 25.9 Å². The lowest BCUT2D eigenvalue weighted by molar-refractivity contribution is 0.0929. The molecule has 1 unspecified atom stereocenters. The lowest BCUT2D eigenvalue weighted by Crippen LogP contribution is -2.27. The monoisotopic (exact) mass is 261 g/mol. The Kier molecular flexibility index (Phi) is 2.75. The van der Waals surface area contributed by atoms with Crippen LogP contribution in [0.1, 0.15) is 29.1 Å². The number of nitrogens with one attached hydrogen (secondary N) is 2. The van der Waals surface area contributed by atoms with Crippen molar-refractivity contribution in [3.8, 4) is 11.5 Å². The number of nitrogens with zero attached hydrogens (tertiary/aromatic N) is 3. The molecule has 3 rings (SSSR count). The van der Waals surface area contributed by atoms with E-state index in [1.54, 1.807) is 0 Å². The van der Waals surface area contributed by atoms with Crippen LogP contribution in [-0.4, -0.2) is 33.3 Å². The first kappa shape index (κ1) is 11.5. The Morgan fingerprint density at radius 2 is 2.26 bits per heavy atom. The molecule has 1 atom stereocenters. The van der Waals surface area contributed by atoms with Crippen molar-refractivity contribution in [3.05, 3.63) is 29.6 Å². The smallest absolute Gasteiger partial charge is 0.293 e. The van der Waals surface area contributed by atoms with Gasteiger partial charge in [0.2, 0.25) is 6.79 Å². The molecule has 0 fully saturated rings. The Bertz CT molecular complexity index is 598. The maximum absolute atomic E-state index is 11.8. The van der Waals surface area contributed by atoms with E-state index in [9.17, 15) is 4.79 Å². The van der Waals surface area contributed by atoms with Crippen LogP contribution < -0.4 is 14.8 Å². The fourth-order valence-electron chi connectivity index (χ4n) is 1.78. The third kappa shape index (κ3) is 2.19. The number of fused-ring (bicyclic) bond motifs is 1. The van der Waals surface area contributed by atoms with Crippen molar-refractivity contribution in [1.82, 2.24) is 25.9 Å². The second kappa shape index (κ2) is 4.56. The van der Waals surface area contributed by atoms with Crippen LogP contribution >= 0.6 is 0 Å². The van der Waals surface area contributed by atoms with Crippen molar-refractivity contribution in [1.29, 1.82) is 0 Å². The summed E-state index contributed by atoms with van der Waals surface area (Å²) in [6.45, 7) is 2.08. The molecular formula is C11H11N5O3. The Hall–Kier alpha value is -2.64. The molecule has 1 aliphatic heterocycles. The number of carbonyl (C=O) groups excluding carboxylic acids is 1. The second-order valence-corrected chi connectivity index (χ2v) is 4.04. The van der Waals surface area contributed by atoms with Crippen LogP contribution in [0.3, 0.4) is 0 Å². The molecule has 2 N–H and O–H groups in total. The largest absolute Gasteiger partial charge is 0.454 e. The van der Waals surface area contributed by atoms with Crippen LogP contribution in [0.5, 0.6) is 11.5 Å². The quantitative estimate of drug-likeness (QED) is 0.830. The van der Waals surface area contributed by atoms with Gasteiger partial charge in [-0.25, -0.2) is 0 Å². The van der Waals surface area contributed by atoms with Crippen molar-refractivity contribution < 1.29 is 14.3 Å². The average Bonchev–Trinajstić information content (AvgIpc) is 3.09. The predicted molar refractivity (Wildman–Crippen MR) is 62.6 cm³/mol. The molecule has 2 aromatic rings. The van der Waals surface area contributed by atoms with Gasteiger partial charge < -0.3 is 14.8 Å². The predicted octanol–water partition coefficient (Wildman–Crippen LogP) is 0.419. The van der Waals surface area contributed by atoms with E-state index >= 15 is 0 Å². The van der Waals surface area contributed by atoms with Crippen molar-refractivity contribution >= 4 is 5.91 Å². The lowest BCUT2D eigenvalue weighted by atomic mass is 10.1. The van der Waals surface area contributed by atoms with E-state index in [1.807, 2.05) is 25.1 Å². The van der Waals surface area contributed by atoms with Crippen LogP contribution in [-0.2, 0) is 0 Å². The second-order valence-electron chi connectivity index (χ2n) is 4.04. The number of benzene rings is 1. The topological polar surface area (TPSA) is 102 Å². The van der Waals surface area contributed by atoms with Gasteiger partial charge in [-0.3, -0.25) is 4.79 Å². The van der Waals surface area contributed by atoms with Crippen LogP contribution in [0.4, 0.5) is 0 Å². The molecule has 8 nitrogen and oxygen atoms in total. The minimum Gasteiger partial charge on any atom is -0.454 e. The number of rotatable bonds is 3. The highest BCUT2D eigenvalue weighted by Gasteiger charge is 2.18. The van der Waals surface area contributed by atoms with Gasteiger partial charge in [0.15, 0.2) is 11.5 Å². The van der Waals surface area contributed by atoms with Crippen LogP contribution in [0, 0.1) is 0 Å². The van der Waals surface area contributed by atoms with Gasteiger partial charge in [-0.2, -0.15) is 5.21 Å². The van der Waals surface area contributed by atoms with Gasteiger partial charge in [-0.15, -0.1) is 10.2 Å². The summed E-state index contributed by atoms with van der Waals surface area (Å²) in [5.41, 5.74) is 0.904. The maximum Gasteiger partial charge on any atom is 0.293 e. The summed E-state index contributed by atoms with van der Waals surface area (Å²) >= 11 is 0. The van der Waals surface area contributed by atoms with E-state index in [0.717, 1.165) is 5.56 Å². The zero-order chi connectivity index (χ0) is 13.2. The third-order valence-corrected chi connectivity index (χ3v) is 2.79. The van der Waals surface area contributed by atoms with E-state index in [4.69, 9.17) is 9.47 Å². The van der Waals surface area contributed by atoms with Crippen molar-refractivity contribution in [2.24, 2.45) is 0 Å². The molecular weight excluding hydrogens is 250 g/mol. The Labute approximate surface area is 108 Å². The fraction of sp³-hybridized carbons (Fsp3) is 0.273. The number of aromatic amines is 1. The van der Waals surface area contributed by atoms with Gasteiger partial charge in [-0.05, 0) is 29.8 Å². The molecule has 19 heavy (non-hydrogen) atoms. The molecule has 1 aromatic carbocycles. The van der Waals surface area contributed by atoms with E-state index < -0.39 is 0 Å². The number of aromatic nitrogens is 4. The van der Waals surface area contributed by atoms with Gasteiger partial charge in [0, 0.05) is 0 Å². The molecule has 1 aromatic heterocycles. The zero-order valence-electron chi connectivity index (χ0n) is 10.1. The van der Waals surface area contributed by atoms with Crippen LogP contribution in [0.15, 0.2) is 18.2 Å². The Morgan fingerprint density at radius 3 is 3.05 bits per heavy atom. The minimum absolute atomic E-state index is 0.00703. The van der Waals surface area contributed by atoms with Crippen molar-refractivity contribution in [3.63, 3.8) is 0 Å². The molecule has 0 radical (unpaired) electrons. The lowest BCUT2D eigenvalue weighted by Gasteiger charge is -2.13. The molecule has 8 heteroatoms. The molecule has 0 spiro atoms. The first-order chi connectivity index (χ1) is 9.24. The summed E-state index contributed by atoms with van der Waals surface area (Å²) in [7, 11) is 0. The number of carbonyl (C=O) groups is 1. The summed E-state index contributed by atoms with van der Waals surface area (Å²) in [4.78, 5) is 11.8. The molecule has 0 bridgehead atoms. The standard InChI is InChI=1S/C11H11N5O3/c1-6(12-11(17)10-13-15-16-14-10)7-2-3-8-9(4-7)19-5-18-8/h2-4,6H,5H2,1H3,(H,12,17)(H,13,14,15,16). The third-order valence-electron chi connectivity index (χ3n) is 2.79. The van der Waals surface area contributed by atoms with Gasteiger partial charge in [0.1, 0.15) is 0 Å². The fourth-order valence-corrected chi connectivity index (χ4v) is 1.78. The summed E-state index contributed by atoms with van der Waals surface area (Å²) in [5, 5.41) is 15.6.